The molecule has 4 nitrogen and oxygen atoms in total. The van der Waals surface area contributed by atoms with Crippen molar-refractivity contribution in [3.05, 3.63) is 76.5 Å². The first-order valence-electron chi connectivity index (χ1n) is 7.75. The highest BCUT2D eigenvalue weighted by molar-refractivity contribution is 7.10. The van der Waals surface area contributed by atoms with Crippen LogP contribution < -0.4 is 0 Å². The number of imidazole rings is 1. The van der Waals surface area contributed by atoms with Gasteiger partial charge in [-0.1, -0.05) is 36.4 Å². The molecule has 1 aromatic carbocycles. The van der Waals surface area contributed by atoms with Gasteiger partial charge >= 0.3 is 5.97 Å². The third-order valence-corrected chi connectivity index (χ3v) is 4.30. The second-order valence-corrected chi connectivity index (χ2v) is 6.14. The van der Waals surface area contributed by atoms with Gasteiger partial charge in [-0.25, -0.2) is 9.78 Å². The van der Waals surface area contributed by atoms with Crippen molar-refractivity contribution in [2.45, 2.75) is 13.5 Å². The number of esters is 1. The Morgan fingerprint density at radius 2 is 2.08 bits per heavy atom. The van der Waals surface area contributed by atoms with Crippen LogP contribution in [0.2, 0.25) is 0 Å². The molecule has 0 saturated carbocycles. The number of ether oxygens (including phenoxy) is 1. The third-order valence-electron chi connectivity index (χ3n) is 3.48. The Morgan fingerprint density at radius 1 is 1.25 bits per heavy atom. The lowest BCUT2D eigenvalue weighted by Crippen LogP contribution is -2.12. The van der Waals surface area contributed by atoms with Crippen molar-refractivity contribution in [3.63, 3.8) is 0 Å². The van der Waals surface area contributed by atoms with Crippen molar-refractivity contribution in [3.8, 4) is 0 Å². The molecule has 0 radical (unpaired) electrons. The normalized spacial score (nSPS) is 11.5. The molecule has 5 heteroatoms. The molecular weight excluding hydrogens is 320 g/mol. The highest BCUT2D eigenvalue weighted by Gasteiger charge is 2.19. The van der Waals surface area contributed by atoms with E-state index in [2.05, 4.69) is 17.1 Å². The van der Waals surface area contributed by atoms with E-state index in [0.29, 0.717) is 24.5 Å². The summed E-state index contributed by atoms with van der Waals surface area (Å²) in [6.45, 7) is 2.79. The quantitative estimate of drug-likeness (QED) is 0.502. The molecule has 0 fully saturated rings. The molecule has 0 saturated heterocycles. The Balaban J connectivity index is 1.97. The molecular formula is C19H18N2O2S. The summed E-state index contributed by atoms with van der Waals surface area (Å²) in [7, 11) is 0. The molecule has 0 spiro atoms. The summed E-state index contributed by atoms with van der Waals surface area (Å²) in [6.07, 6.45) is 5.43. The second kappa shape index (κ2) is 7.75. The van der Waals surface area contributed by atoms with Gasteiger partial charge in [0.2, 0.25) is 0 Å². The summed E-state index contributed by atoms with van der Waals surface area (Å²) in [4.78, 5) is 17.8. The third kappa shape index (κ3) is 3.81. The fourth-order valence-electron chi connectivity index (χ4n) is 2.40. The van der Waals surface area contributed by atoms with Crippen LogP contribution in [-0.4, -0.2) is 22.1 Å². The largest absolute Gasteiger partial charge is 0.462 e. The first-order valence-corrected chi connectivity index (χ1v) is 8.63. The molecule has 2 heterocycles. The average molecular weight is 338 g/mol. The summed E-state index contributed by atoms with van der Waals surface area (Å²) in [5.74, 6) is 0.261. The van der Waals surface area contributed by atoms with Crippen LogP contribution >= 0.6 is 11.3 Å². The van der Waals surface area contributed by atoms with Gasteiger partial charge in [-0.3, -0.25) is 0 Å². The van der Waals surface area contributed by atoms with E-state index in [4.69, 9.17) is 4.74 Å². The topological polar surface area (TPSA) is 44.1 Å². The molecule has 0 aliphatic carbocycles. The predicted octanol–water partition coefficient (Wildman–Crippen LogP) is 4.10. The lowest BCUT2D eigenvalue weighted by molar-refractivity contribution is -0.136. The minimum atomic E-state index is -0.355. The van der Waals surface area contributed by atoms with Crippen LogP contribution in [-0.2, 0) is 16.1 Å². The maximum atomic E-state index is 12.4. The molecule has 0 amide bonds. The van der Waals surface area contributed by atoms with Crippen LogP contribution in [0.4, 0.5) is 0 Å². The van der Waals surface area contributed by atoms with Gasteiger partial charge < -0.3 is 9.30 Å². The number of carbonyl (C=O) groups is 1. The highest BCUT2D eigenvalue weighted by Crippen LogP contribution is 2.22. The van der Waals surface area contributed by atoms with E-state index in [1.807, 2.05) is 52.6 Å². The minimum Gasteiger partial charge on any atom is -0.462 e. The van der Waals surface area contributed by atoms with Crippen molar-refractivity contribution in [1.82, 2.24) is 9.55 Å². The zero-order valence-corrected chi connectivity index (χ0v) is 14.2. The van der Waals surface area contributed by atoms with Gasteiger partial charge in [0.25, 0.3) is 0 Å². The number of aromatic nitrogens is 2. The van der Waals surface area contributed by atoms with E-state index < -0.39 is 0 Å². The highest BCUT2D eigenvalue weighted by atomic mass is 32.1. The molecule has 24 heavy (non-hydrogen) atoms. The van der Waals surface area contributed by atoms with Crippen LogP contribution in [0.25, 0.3) is 11.6 Å². The van der Waals surface area contributed by atoms with Gasteiger partial charge in [0.1, 0.15) is 11.4 Å². The molecule has 0 aliphatic heterocycles. The monoisotopic (exact) mass is 338 g/mol. The van der Waals surface area contributed by atoms with Gasteiger partial charge in [-0.05, 0) is 30.0 Å². The zero-order chi connectivity index (χ0) is 16.8. The molecule has 122 valence electrons. The molecule has 2 aromatic heterocycles. The maximum absolute atomic E-state index is 12.4. The molecule has 3 aromatic rings. The Bertz CT molecular complexity index is 820. The van der Waals surface area contributed by atoms with E-state index in [9.17, 15) is 4.79 Å². The van der Waals surface area contributed by atoms with E-state index in [1.165, 1.54) is 0 Å². The number of nitrogens with zero attached hydrogens (tertiary/aromatic N) is 2. The Labute approximate surface area is 145 Å². The zero-order valence-electron chi connectivity index (χ0n) is 13.4. The Morgan fingerprint density at radius 3 is 2.79 bits per heavy atom. The van der Waals surface area contributed by atoms with Gasteiger partial charge in [-0.15, -0.1) is 11.3 Å². The van der Waals surface area contributed by atoms with Crippen molar-refractivity contribution >= 4 is 29.0 Å². The fraction of sp³-hybridized carbons (Fsp3) is 0.158. The standard InChI is InChI=1S/C19H18N2O2S/c1-2-23-19(22)17(13-16-9-6-12-24-16)18-20-10-11-21(18)14-15-7-4-3-5-8-15/h3-13H,2,14H2,1H3/b17-13+. The van der Waals surface area contributed by atoms with Crippen molar-refractivity contribution < 1.29 is 9.53 Å². The van der Waals surface area contributed by atoms with E-state index in [1.54, 1.807) is 24.5 Å². The lowest BCUT2D eigenvalue weighted by atomic mass is 10.2. The van der Waals surface area contributed by atoms with Crippen molar-refractivity contribution in [1.29, 1.82) is 0 Å². The summed E-state index contributed by atoms with van der Waals surface area (Å²) < 4.78 is 7.19. The van der Waals surface area contributed by atoms with Crippen LogP contribution in [0.3, 0.4) is 0 Å². The molecule has 0 N–H and O–H groups in total. The lowest BCUT2D eigenvalue weighted by Gasteiger charge is -2.10. The number of thiophene rings is 1. The number of hydrogen-bond acceptors (Lipinski definition) is 4. The summed E-state index contributed by atoms with van der Waals surface area (Å²) >= 11 is 1.57. The van der Waals surface area contributed by atoms with Gasteiger partial charge in [-0.2, -0.15) is 0 Å². The molecule has 0 aliphatic rings. The summed E-state index contributed by atoms with van der Waals surface area (Å²) in [5.41, 5.74) is 1.62. The Kier molecular flexibility index (Phi) is 5.23. The number of hydrogen-bond donors (Lipinski definition) is 0. The Hall–Kier alpha value is -2.66. The van der Waals surface area contributed by atoms with E-state index in [0.717, 1.165) is 10.4 Å². The number of benzene rings is 1. The molecule has 3 rings (SSSR count). The van der Waals surface area contributed by atoms with Crippen LogP contribution in [0.15, 0.2) is 60.2 Å². The SMILES string of the molecule is CCOC(=O)/C(=C/c1cccs1)c1nccn1Cc1ccccc1. The second-order valence-electron chi connectivity index (χ2n) is 5.16. The van der Waals surface area contributed by atoms with Crippen molar-refractivity contribution in [2.24, 2.45) is 0 Å². The van der Waals surface area contributed by atoms with Crippen molar-refractivity contribution in [2.75, 3.05) is 6.61 Å². The van der Waals surface area contributed by atoms with E-state index >= 15 is 0 Å². The predicted molar refractivity (Wildman–Crippen MR) is 96.6 cm³/mol. The van der Waals surface area contributed by atoms with E-state index in [-0.39, 0.29) is 5.97 Å². The van der Waals surface area contributed by atoms with Gasteiger partial charge in [0, 0.05) is 23.8 Å². The average Bonchev–Trinajstić information content (AvgIpc) is 3.25. The maximum Gasteiger partial charge on any atom is 0.341 e. The smallest absolute Gasteiger partial charge is 0.341 e. The fourth-order valence-corrected chi connectivity index (χ4v) is 3.06. The first-order chi connectivity index (χ1) is 11.8. The molecule has 0 unspecified atom stereocenters. The summed E-state index contributed by atoms with van der Waals surface area (Å²) in [5, 5.41) is 1.98. The van der Waals surface area contributed by atoms with Crippen LogP contribution in [0, 0.1) is 0 Å². The number of rotatable bonds is 6. The molecule has 0 bridgehead atoms. The first kappa shape index (κ1) is 16.2. The van der Waals surface area contributed by atoms with Crippen LogP contribution in [0.5, 0.6) is 0 Å². The van der Waals surface area contributed by atoms with Gasteiger partial charge in [0.05, 0.1) is 6.61 Å². The molecule has 0 atom stereocenters. The van der Waals surface area contributed by atoms with Crippen LogP contribution in [0.1, 0.15) is 23.2 Å². The number of carbonyl (C=O) groups excluding carboxylic acids is 1. The van der Waals surface area contributed by atoms with Gasteiger partial charge in [0.15, 0.2) is 0 Å². The summed E-state index contributed by atoms with van der Waals surface area (Å²) in [6, 6.07) is 14.0. The minimum absolute atomic E-state index is 0.333.